The molecule has 1 heterocycles. The Balaban J connectivity index is 1.60. The van der Waals surface area contributed by atoms with Crippen LogP contribution < -0.4 is 10.1 Å². The van der Waals surface area contributed by atoms with Crippen molar-refractivity contribution in [3.8, 4) is 5.75 Å². The lowest BCUT2D eigenvalue weighted by Crippen LogP contribution is -2.30. The van der Waals surface area contributed by atoms with Crippen LogP contribution in [0.4, 0.5) is 5.69 Å². The maximum absolute atomic E-state index is 12.2. The Bertz CT molecular complexity index is 916. The van der Waals surface area contributed by atoms with Crippen LogP contribution in [0.1, 0.15) is 12.5 Å². The number of para-hydroxylation sites is 1. The molecule has 2 aromatic carbocycles. The topological polar surface area (TPSA) is 77.8 Å². The van der Waals surface area contributed by atoms with E-state index in [0.717, 1.165) is 5.39 Å². The second kappa shape index (κ2) is 7.74. The van der Waals surface area contributed by atoms with Crippen LogP contribution in [-0.2, 0) is 20.7 Å². The summed E-state index contributed by atoms with van der Waals surface area (Å²) < 4.78 is 15.8. The van der Waals surface area contributed by atoms with Gasteiger partial charge in [-0.2, -0.15) is 0 Å². The van der Waals surface area contributed by atoms with Gasteiger partial charge in [-0.25, -0.2) is 0 Å². The second-order valence-electron chi connectivity index (χ2n) is 5.79. The van der Waals surface area contributed by atoms with E-state index < -0.39 is 12.1 Å². The minimum atomic E-state index is -0.902. The van der Waals surface area contributed by atoms with Crippen molar-refractivity contribution in [1.82, 2.24) is 0 Å². The highest BCUT2D eigenvalue weighted by atomic mass is 16.5. The summed E-state index contributed by atoms with van der Waals surface area (Å²) in [5.74, 6) is -0.210. The predicted octanol–water partition coefficient (Wildman–Crippen LogP) is 3.55. The molecule has 1 atom stereocenters. The fourth-order valence-electron chi connectivity index (χ4n) is 2.54. The number of anilines is 1. The largest absolute Gasteiger partial charge is 0.497 e. The van der Waals surface area contributed by atoms with Gasteiger partial charge in [0.1, 0.15) is 11.3 Å². The number of carbonyl (C=O) groups is 2. The van der Waals surface area contributed by atoms with Crippen LogP contribution in [0, 0.1) is 0 Å². The van der Waals surface area contributed by atoms with Gasteiger partial charge in [0.25, 0.3) is 5.91 Å². The fourth-order valence-corrected chi connectivity index (χ4v) is 2.54. The summed E-state index contributed by atoms with van der Waals surface area (Å²) >= 11 is 0. The van der Waals surface area contributed by atoms with Crippen LogP contribution in [0.15, 0.2) is 59.2 Å². The first-order valence-corrected chi connectivity index (χ1v) is 8.16. The third-order valence-corrected chi connectivity index (χ3v) is 3.92. The average molecular weight is 353 g/mol. The summed E-state index contributed by atoms with van der Waals surface area (Å²) in [6.07, 6.45) is 0.628. The number of hydrogen-bond acceptors (Lipinski definition) is 5. The third kappa shape index (κ3) is 4.03. The van der Waals surface area contributed by atoms with Crippen LogP contribution in [0.25, 0.3) is 11.0 Å². The van der Waals surface area contributed by atoms with E-state index in [-0.39, 0.29) is 12.3 Å². The van der Waals surface area contributed by atoms with Crippen molar-refractivity contribution < 1.29 is 23.5 Å². The van der Waals surface area contributed by atoms with Gasteiger partial charge in [-0.3, -0.25) is 9.59 Å². The smallest absolute Gasteiger partial charge is 0.311 e. The van der Waals surface area contributed by atoms with Crippen LogP contribution in [0.3, 0.4) is 0 Å². The highest BCUT2D eigenvalue weighted by molar-refractivity contribution is 5.95. The molecule has 0 saturated heterocycles. The molecule has 0 saturated carbocycles. The molecular weight excluding hydrogens is 334 g/mol. The molecule has 0 aliphatic carbocycles. The monoisotopic (exact) mass is 353 g/mol. The number of benzene rings is 2. The van der Waals surface area contributed by atoms with Gasteiger partial charge in [0, 0.05) is 22.7 Å². The zero-order valence-electron chi connectivity index (χ0n) is 14.5. The molecule has 1 unspecified atom stereocenters. The highest BCUT2D eigenvalue weighted by Crippen LogP contribution is 2.26. The van der Waals surface area contributed by atoms with Crippen LogP contribution in [-0.4, -0.2) is 25.1 Å². The van der Waals surface area contributed by atoms with Crippen molar-refractivity contribution >= 4 is 28.5 Å². The molecule has 6 nitrogen and oxygen atoms in total. The Kier molecular flexibility index (Phi) is 5.22. The van der Waals surface area contributed by atoms with Crippen molar-refractivity contribution in [3.05, 3.63) is 60.4 Å². The summed E-state index contributed by atoms with van der Waals surface area (Å²) in [7, 11) is 1.57. The second-order valence-corrected chi connectivity index (χ2v) is 5.79. The molecule has 1 amide bonds. The first-order valence-electron chi connectivity index (χ1n) is 8.16. The van der Waals surface area contributed by atoms with E-state index in [4.69, 9.17) is 13.9 Å². The molecule has 0 bridgehead atoms. The molecule has 1 N–H and O–H groups in total. The molecule has 3 aromatic rings. The lowest BCUT2D eigenvalue weighted by atomic mass is 10.1. The first kappa shape index (κ1) is 17.5. The number of esters is 1. The van der Waals surface area contributed by atoms with Gasteiger partial charge in [-0.05, 0) is 31.2 Å². The zero-order valence-corrected chi connectivity index (χ0v) is 14.5. The third-order valence-electron chi connectivity index (χ3n) is 3.92. The maximum Gasteiger partial charge on any atom is 0.311 e. The number of methoxy groups -OCH3 is 1. The molecular formula is C20H19NO5. The molecule has 3 rings (SSSR count). The lowest BCUT2D eigenvalue weighted by Gasteiger charge is -2.13. The quantitative estimate of drug-likeness (QED) is 0.686. The molecule has 0 spiro atoms. The zero-order chi connectivity index (χ0) is 18.5. The van der Waals surface area contributed by atoms with E-state index in [9.17, 15) is 9.59 Å². The number of furan rings is 1. The number of nitrogens with one attached hydrogen (secondary N) is 1. The molecule has 1 aromatic heterocycles. The number of fused-ring (bicyclic) bond motifs is 1. The van der Waals surface area contributed by atoms with Crippen molar-refractivity contribution in [3.63, 3.8) is 0 Å². The van der Waals surface area contributed by atoms with Crippen LogP contribution in [0.2, 0.25) is 0 Å². The molecule has 0 aliphatic rings. The highest BCUT2D eigenvalue weighted by Gasteiger charge is 2.19. The van der Waals surface area contributed by atoms with Crippen LogP contribution >= 0.6 is 0 Å². The summed E-state index contributed by atoms with van der Waals surface area (Å²) in [5.41, 5.74) is 1.97. The Labute approximate surface area is 150 Å². The van der Waals surface area contributed by atoms with Gasteiger partial charge in [-0.1, -0.05) is 18.2 Å². The van der Waals surface area contributed by atoms with Gasteiger partial charge < -0.3 is 19.2 Å². The van der Waals surface area contributed by atoms with Gasteiger partial charge in [0.15, 0.2) is 6.10 Å². The minimum Gasteiger partial charge on any atom is -0.497 e. The minimum absolute atomic E-state index is 0.0162. The number of ether oxygens (including phenoxy) is 2. The summed E-state index contributed by atoms with van der Waals surface area (Å²) in [6.45, 7) is 1.54. The number of hydrogen-bond donors (Lipinski definition) is 1. The van der Waals surface area contributed by atoms with E-state index >= 15 is 0 Å². The van der Waals surface area contributed by atoms with E-state index in [0.29, 0.717) is 22.6 Å². The van der Waals surface area contributed by atoms with Crippen molar-refractivity contribution in [2.24, 2.45) is 0 Å². The van der Waals surface area contributed by atoms with Gasteiger partial charge in [-0.15, -0.1) is 0 Å². The standard InChI is InChI=1S/C20H19NO5/c1-13(20(23)21-15-6-4-3-5-7-15)26-19(22)10-14-12-25-18-11-16(24-2)8-9-17(14)18/h3-9,11-13H,10H2,1-2H3,(H,21,23). The van der Waals surface area contributed by atoms with Crippen molar-refractivity contribution in [2.75, 3.05) is 12.4 Å². The fraction of sp³-hybridized carbons (Fsp3) is 0.200. The molecule has 0 radical (unpaired) electrons. The SMILES string of the molecule is COc1ccc2c(CC(=O)OC(C)C(=O)Nc3ccccc3)coc2c1. The van der Waals surface area contributed by atoms with E-state index in [1.54, 1.807) is 31.4 Å². The van der Waals surface area contributed by atoms with Gasteiger partial charge in [0.2, 0.25) is 0 Å². The summed E-state index contributed by atoms with van der Waals surface area (Å²) in [5, 5.41) is 3.51. The Morgan fingerprint density at radius 3 is 2.65 bits per heavy atom. The molecule has 134 valence electrons. The van der Waals surface area contributed by atoms with Gasteiger partial charge >= 0.3 is 5.97 Å². The molecule has 26 heavy (non-hydrogen) atoms. The summed E-state index contributed by atoms with van der Waals surface area (Å²) in [4.78, 5) is 24.3. The van der Waals surface area contributed by atoms with E-state index in [2.05, 4.69) is 5.32 Å². The Morgan fingerprint density at radius 1 is 1.15 bits per heavy atom. The Hall–Kier alpha value is -3.28. The molecule has 6 heteroatoms. The maximum atomic E-state index is 12.2. The number of rotatable bonds is 6. The predicted molar refractivity (Wildman–Crippen MR) is 97.1 cm³/mol. The average Bonchev–Trinajstić information content (AvgIpc) is 3.04. The van der Waals surface area contributed by atoms with Crippen LogP contribution in [0.5, 0.6) is 5.75 Å². The first-order chi connectivity index (χ1) is 12.6. The van der Waals surface area contributed by atoms with E-state index in [1.807, 2.05) is 24.3 Å². The van der Waals surface area contributed by atoms with Crippen molar-refractivity contribution in [1.29, 1.82) is 0 Å². The Morgan fingerprint density at radius 2 is 1.92 bits per heavy atom. The molecule has 0 fully saturated rings. The lowest BCUT2D eigenvalue weighted by molar-refractivity contribution is -0.152. The van der Waals surface area contributed by atoms with Gasteiger partial charge in [0.05, 0.1) is 19.8 Å². The summed E-state index contributed by atoms with van der Waals surface area (Å²) in [6, 6.07) is 14.4. The van der Waals surface area contributed by atoms with Crippen molar-refractivity contribution in [2.45, 2.75) is 19.4 Å². The van der Waals surface area contributed by atoms with E-state index in [1.165, 1.54) is 13.2 Å². The molecule has 0 aliphatic heterocycles. The number of carbonyl (C=O) groups excluding carboxylic acids is 2. The normalized spacial score (nSPS) is 11.8. The number of amides is 1.